The molecule has 5 nitrogen and oxygen atoms in total. The van der Waals surface area contributed by atoms with Crippen LogP contribution in [0.1, 0.15) is 35.5 Å². The third kappa shape index (κ3) is 4.23. The number of hydrogen-bond acceptors (Lipinski definition) is 5. The van der Waals surface area contributed by atoms with Gasteiger partial charge in [-0.2, -0.15) is 0 Å². The van der Waals surface area contributed by atoms with Crippen LogP contribution < -0.4 is 0 Å². The van der Waals surface area contributed by atoms with Gasteiger partial charge in [0, 0.05) is 29.2 Å². The third-order valence-corrected chi connectivity index (χ3v) is 8.55. The Kier molecular flexibility index (Phi) is 6.41. The van der Waals surface area contributed by atoms with Crippen molar-refractivity contribution in [2.24, 2.45) is 0 Å². The molecule has 154 valence electrons. The van der Waals surface area contributed by atoms with E-state index in [4.69, 9.17) is 0 Å². The van der Waals surface area contributed by atoms with E-state index in [-0.39, 0.29) is 29.3 Å². The Morgan fingerprint density at radius 2 is 1.96 bits per heavy atom. The molecule has 0 spiro atoms. The maximum atomic E-state index is 14.3. The molecular weight excluding hydrogens is 399 g/mol. The molecule has 0 N–H and O–H groups in total. The summed E-state index contributed by atoms with van der Waals surface area (Å²) in [6.45, 7) is 8.79. The number of likely N-dealkylation sites (N-methyl/N-ethyl adjacent to an activating group) is 1. The van der Waals surface area contributed by atoms with Crippen LogP contribution >= 0.6 is 11.3 Å². The van der Waals surface area contributed by atoms with Crippen LogP contribution in [0, 0.1) is 12.7 Å². The molecule has 1 atom stereocenters. The Morgan fingerprint density at radius 3 is 2.54 bits per heavy atom. The summed E-state index contributed by atoms with van der Waals surface area (Å²) < 4.78 is 39.0. The first-order chi connectivity index (χ1) is 13.3. The number of hydrogen-bond donors (Lipinski definition) is 0. The number of nitrogens with zero attached hydrogens (tertiary/aromatic N) is 2. The molecule has 1 fully saturated rings. The number of halogens is 1. The lowest BCUT2D eigenvalue weighted by Gasteiger charge is -2.30. The predicted octanol–water partition coefficient (Wildman–Crippen LogP) is 3.32. The zero-order valence-electron chi connectivity index (χ0n) is 16.6. The maximum Gasteiger partial charge on any atom is 0.264 e. The first-order valence-corrected chi connectivity index (χ1v) is 12.3. The highest BCUT2D eigenvalue weighted by atomic mass is 32.2. The lowest BCUT2D eigenvalue weighted by Crippen LogP contribution is -2.45. The van der Waals surface area contributed by atoms with E-state index in [9.17, 15) is 17.6 Å². The second-order valence-electron chi connectivity index (χ2n) is 7.25. The van der Waals surface area contributed by atoms with E-state index < -0.39 is 9.84 Å². The van der Waals surface area contributed by atoms with Crippen molar-refractivity contribution in [1.82, 2.24) is 9.80 Å². The Hall–Kier alpha value is -1.51. The van der Waals surface area contributed by atoms with Crippen LogP contribution in [0.25, 0.3) is 10.1 Å². The smallest absolute Gasteiger partial charge is 0.264 e. The first-order valence-electron chi connectivity index (χ1n) is 9.68. The van der Waals surface area contributed by atoms with Gasteiger partial charge in [0.25, 0.3) is 5.91 Å². The molecule has 1 aliphatic heterocycles. The van der Waals surface area contributed by atoms with Gasteiger partial charge in [0.05, 0.1) is 16.4 Å². The van der Waals surface area contributed by atoms with Crippen LogP contribution in [0.2, 0.25) is 0 Å². The number of carbonyl (C=O) groups is 1. The fourth-order valence-corrected chi connectivity index (χ4v) is 6.76. The highest BCUT2D eigenvalue weighted by Gasteiger charge is 2.36. The van der Waals surface area contributed by atoms with Gasteiger partial charge in [-0.15, -0.1) is 11.3 Å². The lowest BCUT2D eigenvalue weighted by molar-refractivity contribution is 0.0679. The second kappa shape index (κ2) is 8.47. The van der Waals surface area contributed by atoms with Crippen molar-refractivity contribution in [3.05, 3.63) is 34.5 Å². The summed E-state index contributed by atoms with van der Waals surface area (Å²) in [6.07, 6.45) is 0.463. The minimum atomic E-state index is -3.11. The van der Waals surface area contributed by atoms with Crippen LogP contribution in [0.3, 0.4) is 0 Å². The Balaban J connectivity index is 1.94. The van der Waals surface area contributed by atoms with Gasteiger partial charge in [0.1, 0.15) is 5.82 Å². The number of carbonyl (C=O) groups excluding carboxylic acids is 1. The van der Waals surface area contributed by atoms with Gasteiger partial charge in [-0.05, 0) is 44.1 Å². The monoisotopic (exact) mass is 426 g/mol. The summed E-state index contributed by atoms with van der Waals surface area (Å²) in [5.41, 5.74) is 0.636. The minimum absolute atomic E-state index is 0.00922. The fraction of sp³-hybridized carbons (Fsp3) is 0.550. The number of rotatable bonds is 7. The SMILES string of the molecule is CCN(CC)CCN(C(=O)c1sc2cccc(F)c2c1C)C1CCS(=O)(=O)C1. The largest absolute Gasteiger partial charge is 0.333 e. The van der Waals surface area contributed by atoms with E-state index in [2.05, 4.69) is 18.7 Å². The van der Waals surface area contributed by atoms with Crippen molar-refractivity contribution in [2.75, 3.05) is 37.7 Å². The molecule has 28 heavy (non-hydrogen) atoms. The van der Waals surface area contributed by atoms with Gasteiger partial charge in [-0.25, -0.2) is 12.8 Å². The molecule has 1 amide bonds. The van der Waals surface area contributed by atoms with Gasteiger partial charge in [-0.3, -0.25) is 4.79 Å². The second-order valence-corrected chi connectivity index (χ2v) is 10.5. The van der Waals surface area contributed by atoms with E-state index in [1.165, 1.54) is 17.4 Å². The maximum absolute atomic E-state index is 14.3. The highest BCUT2D eigenvalue weighted by molar-refractivity contribution is 7.91. The van der Waals surface area contributed by atoms with E-state index >= 15 is 0 Å². The van der Waals surface area contributed by atoms with Gasteiger partial charge >= 0.3 is 0 Å². The predicted molar refractivity (Wildman–Crippen MR) is 112 cm³/mol. The van der Waals surface area contributed by atoms with Gasteiger partial charge < -0.3 is 9.80 Å². The molecule has 1 aromatic carbocycles. The summed E-state index contributed by atoms with van der Waals surface area (Å²) in [4.78, 5) is 17.9. The van der Waals surface area contributed by atoms with Crippen LogP contribution in [-0.4, -0.2) is 67.9 Å². The van der Waals surface area contributed by atoms with Crippen molar-refractivity contribution in [3.63, 3.8) is 0 Å². The first kappa shape index (κ1) is 21.2. The molecule has 0 radical (unpaired) electrons. The molecule has 0 saturated carbocycles. The Bertz CT molecular complexity index is 967. The number of aryl methyl sites for hydroxylation is 1. The quantitative estimate of drug-likeness (QED) is 0.682. The van der Waals surface area contributed by atoms with Crippen molar-refractivity contribution >= 4 is 37.2 Å². The molecule has 8 heteroatoms. The summed E-state index contributed by atoms with van der Waals surface area (Å²) in [6, 6.07) is 4.54. The van der Waals surface area contributed by atoms with Crippen LogP contribution in [0.15, 0.2) is 18.2 Å². The van der Waals surface area contributed by atoms with E-state index in [0.717, 1.165) is 17.8 Å². The Morgan fingerprint density at radius 1 is 1.25 bits per heavy atom. The van der Waals surface area contributed by atoms with Crippen molar-refractivity contribution in [1.29, 1.82) is 0 Å². The van der Waals surface area contributed by atoms with Crippen molar-refractivity contribution < 1.29 is 17.6 Å². The molecule has 3 rings (SSSR count). The number of sulfone groups is 1. The van der Waals surface area contributed by atoms with E-state index in [1.807, 2.05) is 6.07 Å². The average Bonchev–Trinajstić information content (AvgIpc) is 3.19. The standard InChI is InChI=1S/C20H27FN2O3S2/c1-4-22(5-2)10-11-23(15-9-12-28(25,26)13-15)20(24)19-14(3)18-16(21)7-6-8-17(18)27-19/h6-8,15H,4-5,9-13H2,1-3H3. The van der Waals surface area contributed by atoms with Gasteiger partial charge in [0.2, 0.25) is 0 Å². The highest BCUT2D eigenvalue weighted by Crippen LogP contribution is 2.34. The van der Waals surface area contributed by atoms with Crippen molar-refractivity contribution in [2.45, 2.75) is 33.2 Å². The number of fused-ring (bicyclic) bond motifs is 1. The number of thiophene rings is 1. The summed E-state index contributed by atoms with van der Waals surface area (Å²) in [5, 5.41) is 0.485. The number of amides is 1. The molecule has 0 aliphatic carbocycles. The van der Waals surface area contributed by atoms with E-state index in [1.54, 1.807) is 17.9 Å². The molecule has 0 bridgehead atoms. The zero-order chi connectivity index (χ0) is 20.5. The van der Waals surface area contributed by atoms with Crippen molar-refractivity contribution in [3.8, 4) is 0 Å². The fourth-order valence-electron chi connectivity index (χ4n) is 3.85. The van der Waals surface area contributed by atoms with E-state index in [0.29, 0.717) is 35.3 Å². The molecule has 1 saturated heterocycles. The molecular formula is C20H27FN2O3S2. The molecule has 2 heterocycles. The molecule has 1 unspecified atom stereocenters. The third-order valence-electron chi connectivity index (χ3n) is 5.56. The van der Waals surface area contributed by atoms with Gasteiger partial charge in [0.15, 0.2) is 9.84 Å². The topological polar surface area (TPSA) is 57.7 Å². The lowest BCUT2D eigenvalue weighted by atomic mass is 10.1. The molecule has 1 aliphatic rings. The van der Waals surface area contributed by atoms with Crippen LogP contribution in [-0.2, 0) is 9.84 Å². The van der Waals surface area contributed by atoms with Gasteiger partial charge in [-0.1, -0.05) is 19.9 Å². The van der Waals surface area contributed by atoms with Crippen LogP contribution in [0.4, 0.5) is 4.39 Å². The average molecular weight is 427 g/mol. The normalized spacial score (nSPS) is 18.8. The minimum Gasteiger partial charge on any atom is -0.333 e. The zero-order valence-corrected chi connectivity index (χ0v) is 18.2. The summed E-state index contributed by atoms with van der Waals surface area (Å²) in [7, 11) is -3.11. The Labute approximate surface area is 170 Å². The number of benzene rings is 1. The molecule has 2 aromatic rings. The summed E-state index contributed by atoms with van der Waals surface area (Å²) >= 11 is 1.28. The van der Waals surface area contributed by atoms with Crippen LogP contribution in [0.5, 0.6) is 0 Å². The molecule has 1 aromatic heterocycles. The summed E-state index contributed by atoms with van der Waals surface area (Å²) in [5.74, 6) is -0.391.